The van der Waals surface area contributed by atoms with Crippen LogP contribution in [0.4, 0.5) is 34.9 Å². The smallest absolute Gasteiger partial charge is 0.501 e. The van der Waals surface area contributed by atoms with Gasteiger partial charge in [-0.3, -0.25) is 0 Å². The number of nitrogens with zero attached hydrogens (tertiary/aromatic N) is 3. The van der Waals surface area contributed by atoms with Crippen LogP contribution in [0.5, 0.6) is 11.5 Å². The third-order valence-electron chi connectivity index (χ3n) is 5.90. The minimum absolute atomic E-state index is 0.161. The molecule has 4 aromatic rings. The Morgan fingerprint density at radius 3 is 1.24 bits per heavy atom. The zero-order valence-corrected chi connectivity index (χ0v) is 24.4. The molecule has 5 N–H and O–H groups in total. The molecule has 0 atom stereocenters. The van der Waals surface area contributed by atoms with Crippen molar-refractivity contribution in [3.05, 3.63) is 78.4 Å². The number of hydrogen-bond acceptors (Lipinski definition) is 11. The van der Waals surface area contributed by atoms with Crippen LogP contribution in [0.3, 0.4) is 0 Å². The monoisotopic (exact) mass is 576 g/mol. The van der Waals surface area contributed by atoms with Crippen molar-refractivity contribution in [3.8, 4) is 11.5 Å². The number of phenols is 2. The SMILES string of the molecule is CCO[Si](CCc1ccc(Nc2nc(Nc3ccc(O)cc3)nc(Nc3ccc(O)cc3)n2)cc1)(OCC)OCC. The Balaban J connectivity index is 1.50. The lowest BCUT2D eigenvalue weighted by molar-refractivity contribution is 0.0714. The van der Waals surface area contributed by atoms with Crippen LogP contribution in [0.2, 0.25) is 6.04 Å². The van der Waals surface area contributed by atoms with Crippen LogP contribution in [-0.4, -0.2) is 53.8 Å². The van der Waals surface area contributed by atoms with Crippen molar-refractivity contribution in [1.29, 1.82) is 0 Å². The molecule has 0 fully saturated rings. The van der Waals surface area contributed by atoms with E-state index in [0.717, 1.165) is 17.7 Å². The predicted molar refractivity (Wildman–Crippen MR) is 161 cm³/mol. The van der Waals surface area contributed by atoms with Gasteiger partial charge in [0, 0.05) is 42.9 Å². The first-order valence-electron chi connectivity index (χ1n) is 13.6. The molecule has 0 bridgehead atoms. The van der Waals surface area contributed by atoms with Crippen molar-refractivity contribution in [2.45, 2.75) is 33.2 Å². The van der Waals surface area contributed by atoms with E-state index >= 15 is 0 Å². The maximum atomic E-state index is 9.60. The molecule has 0 spiro atoms. The highest BCUT2D eigenvalue weighted by atomic mass is 28.4. The van der Waals surface area contributed by atoms with E-state index < -0.39 is 8.80 Å². The van der Waals surface area contributed by atoms with Gasteiger partial charge in [-0.15, -0.1) is 0 Å². The van der Waals surface area contributed by atoms with Crippen molar-refractivity contribution < 1.29 is 23.5 Å². The fourth-order valence-corrected chi connectivity index (χ4v) is 6.67. The van der Waals surface area contributed by atoms with Gasteiger partial charge in [0.05, 0.1) is 0 Å². The highest BCUT2D eigenvalue weighted by molar-refractivity contribution is 6.60. The molecule has 0 aliphatic rings. The molecule has 0 aliphatic heterocycles. The van der Waals surface area contributed by atoms with Gasteiger partial charge < -0.3 is 39.4 Å². The van der Waals surface area contributed by atoms with Crippen molar-refractivity contribution in [2.75, 3.05) is 35.8 Å². The maximum absolute atomic E-state index is 9.60. The number of phenolic OH excluding ortho intramolecular Hbond substituents is 2. The minimum Gasteiger partial charge on any atom is -0.508 e. The van der Waals surface area contributed by atoms with E-state index in [1.165, 1.54) is 0 Å². The number of aryl methyl sites for hydroxylation is 1. The van der Waals surface area contributed by atoms with Gasteiger partial charge in [0.15, 0.2) is 0 Å². The molecule has 1 aromatic heterocycles. The summed E-state index contributed by atoms with van der Waals surface area (Å²) < 4.78 is 17.9. The Morgan fingerprint density at radius 2 is 0.902 bits per heavy atom. The molecule has 11 nitrogen and oxygen atoms in total. The molecule has 1 heterocycles. The molecule has 0 saturated carbocycles. The Bertz CT molecular complexity index is 1290. The van der Waals surface area contributed by atoms with Crippen LogP contribution in [0.25, 0.3) is 0 Å². The number of aromatic nitrogens is 3. The van der Waals surface area contributed by atoms with E-state index in [9.17, 15) is 10.2 Å². The zero-order chi connectivity index (χ0) is 29.1. The highest BCUT2D eigenvalue weighted by Crippen LogP contribution is 2.24. The normalized spacial score (nSPS) is 11.3. The molecule has 0 radical (unpaired) electrons. The molecule has 12 heteroatoms. The molecule has 0 aliphatic carbocycles. The maximum Gasteiger partial charge on any atom is 0.501 e. The highest BCUT2D eigenvalue weighted by Gasteiger charge is 2.39. The van der Waals surface area contributed by atoms with E-state index in [2.05, 4.69) is 30.9 Å². The minimum atomic E-state index is -2.72. The Kier molecular flexibility index (Phi) is 10.5. The summed E-state index contributed by atoms with van der Waals surface area (Å²) in [6.45, 7) is 7.52. The molecule has 4 rings (SSSR count). The van der Waals surface area contributed by atoms with Crippen molar-refractivity contribution in [1.82, 2.24) is 15.0 Å². The summed E-state index contributed by atoms with van der Waals surface area (Å²) in [7, 11) is -2.72. The topological polar surface area (TPSA) is 143 Å². The molecular weight excluding hydrogens is 540 g/mol. The molecular formula is C29H36N6O5Si. The number of anilines is 6. The lowest BCUT2D eigenvalue weighted by atomic mass is 10.1. The third kappa shape index (κ3) is 8.88. The quantitative estimate of drug-likeness (QED) is 0.0827. The number of nitrogens with one attached hydrogen (secondary N) is 3. The number of rotatable bonds is 15. The average Bonchev–Trinajstić information content (AvgIpc) is 2.96. The fraction of sp³-hybridized carbons (Fsp3) is 0.276. The second-order valence-corrected chi connectivity index (χ2v) is 11.7. The lowest BCUT2D eigenvalue weighted by Gasteiger charge is -2.28. The lowest BCUT2D eigenvalue weighted by Crippen LogP contribution is -2.46. The van der Waals surface area contributed by atoms with Crippen LogP contribution < -0.4 is 16.0 Å². The average molecular weight is 577 g/mol. The van der Waals surface area contributed by atoms with Crippen LogP contribution in [0.15, 0.2) is 72.8 Å². The van der Waals surface area contributed by atoms with Crippen molar-refractivity contribution >= 4 is 43.7 Å². The summed E-state index contributed by atoms with van der Waals surface area (Å²) in [5.41, 5.74) is 3.33. The fourth-order valence-electron chi connectivity index (χ4n) is 4.07. The van der Waals surface area contributed by atoms with Gasteiger partial charge in [-0.2, -0.15) is 15.0 Å². The van der Waals surface area contributed by atoms with Gasteiger partial charge in [0.1, 0.15) is 11.5 Å². The zero-order valence-electron chi connectivity index (χ0n) is 23.4. The molecule has 0 saturated heterocycles. The van der Waals surface area contributed by atoms with E-state index in [4.69, 9.17) is 13.3 Å². The Labute approximate surface area is 241 Å². The molecule has 0 amide bonds. The summed E-state index contributed by atoms with van der Waals surface area (Å²) in [4.78, 5) is 13.5. The molecule has 216 valence electrons. The van der Waals surface area contributed by atoms with E-state index in [0.29, 0.717) is 55.1 Å². The largest absolute Gasteiger partial charge is 0.508 e. The van der Waals surface area contributed by atoms with Gasteiger partial charge in [-0.25, -0.2) is 0 Å². The second-order valence-electron chi connectivity index (χ2n) is 8.95. The summed E-state index contributed by atoms with van der Waals surface area (Å²) >= 11 is 0. The van der Waals surface area contributed by atoms with E-state index in [-0.39, 0.29) is 11.5 Å². The summed E-state index contributed by atoms with van der Waals surface area (Å²) in [5.74, 6) is 1.25. The first-order valence-corrected chi connectivity index (χ1v) is 15.5. The summed E-state index contributed by atoms with van der Waals surface area (Å²) in [5, 5.41) is 28.7. The van der Waals surface area contributed by atoms with Crippen molar-refractivity contribution in [2.24, 2.45) is 0 Å². The Morgan fingerprint density at radius 1 is 0.561 bits per heavy atom. The molecule has 0 unspecified atom stereocenters. The van der Waals surface area contributed by atoms with Crippen LogP contribution in [-0.2, 0) is 19.7 Å². The molecule has 3 aromatic carbocycles. The summed E-state index contributed by atoms with van der Waals surface area (Å²) in [6.07, 6.45) is 0.764. The van der Waals surface area contributed by atoms with E-state index in [1.54, 1.807) is 48.5 Å². The van der Waals surface area contributed by atoms with Gasteiger partial charge in [-0.1, -0.05) is 12.1 Å². The number of hydrogen-bond donors (Lipinski definition) is 5. The first kappa shape index (κ1) is 29.7. The van der Waals surface area contributed by atoms with Gasteiger partial charge >= 0.3 is 8.80 Å². The second kappa shape index (κ2) is 14.4. The summed E-state index contributed by atoms with van der Waals surface area (Å²) in [6, 6.07) is 21.9. The van der Waals surface area contributed by atoms with Gasteiger partial charge in [0.2, 0.25) is 17.8 Å². The van der Waals surface area contributed by atoms with Crippen LogP contribution in [0.1, 0.15) is 26.3 Å². The van der Waals surface area contributed by atoms with Crippen molar-refractivity contribution in [3.63, 3.8) is 0 Å². The van der Waals surface area contributed by atoms with Crippen LogP contribution >= 0.6 is 0 Å². The van der Waals surface area contributed by atoms with E-state index in [1.807, 2.05) is 45.0 Å². The first-order chi connectivity index (χ1) is 19.9. The third-order valence-corrected chi connectivity index (χ3v) is 8.95. The number of aromatic hydroxyl groups is 2. The predicted octanol–water partition coefficient (Wildman–Crippen LogP) is 6.10. The van der Waals surface area contributed by atoms with Gasteiger partial charge in [0.25, 0.3) is 0 Å². The standard InChI is InChI=1S/C29H36N6O5Si/c1-4-38-41(39-5-2,40-6-3)20-19-21-7-9-22(10-8-21)30-27-33-28(31-23-11-15-25(36)16-12-23)35-29(34-27)32-24-13-17-26(37)18-14-24/h7-18,36-37H,4-6,19-20H2,1-3H3,(H3,30,31,32,33,34,35). The van der Waals surface area contributed by atoms with Gasteiger partial charge in [-0.05, 0) is 93.4 Å². The van der Waals surface area contributed by atoms with Crippen LogP contribution in [0, 0.1) is 0 Å². The molecule has 41 heavy (non-hydrogen) atoms. The Hall–Kier alpha value is -4.23. The number of benzene rings is 3.